The molecule has 2 rings (SSSR count). The van der Waals surface area contributed by atoms with Gasteiger partial charge in [-0.15, -0.1) is 11.6 Å². The van der Waals surface area contributed by atoms with Crippen molar-refractivity contribution >= 4 is 22.8 Å². The summed E-state index contributed by atoms with van der Waals surface area (Å²) < 4.78 is 12.1. The molecule has 2 heterocycles. The van der Waals surface area contributed by atoms with Crippen molar-refractivity contribution in [3.63, 3.8) is 0 Å². The molecule has 7 heteroatoms. The summed E-state index contributed by atoms with van der Waals surface area (Å²) in [5.41, 5.74) is 1.34. The molecule has 0 aliphatic carbocycles. The third kappa shape index (κ3) is 2.18. The van der Waals surface area contributed by atoms with Crippen LogP contribution in [0.3, 0.4) is 0 Å². The highest BCUT2D eigenvalue weighted by Crippen LogP contribution is 2.22. The number of rotatable bonds is 5. The summed E-state index contributed by atoms with van der Waals surface area (Å²) in [4.78, 5) is 12.6. The van der Waals surface area contributed by atoms with E-state index in [1.165, 1.54) is 6.33 Å². The second kappa shape index (κ2) is 5.29. The largest absolute Gasteiger partial charge is 0.479 e. The number of nitrogens with zero attached hydrogens (tertiary/aromatic N) is 4. The minimum absolute atomic E-state index is 0.309. The number of alkyl halides is 1. The van der Waals surface area contributed by atoms with Gasteiger partial charge in [0.05, 0.1) is 19.6 Å². The zero-order chi connectivity index (χ0) is 12.3. The molecule has 92 valence electrons. The topological polar surface area (TPSA) is 62.1 Å². The minimum Gasteiger partial charge on any atom is -0.479 e. The van der Waals surface area contributed by atoms with Gasteiger partial charge in [0, 0.05) is 13.7 Å². The van der Waals surface area contributed by atoms with Gasteiger partial charge in [-0.1, -0.05) is 0 Å². The van der Waals surface area contributed by atoms with Gasteiger partial charge in [0.25, 0.3) is 0 Å². The van der Waals surface area contributed by atoms with E-state index in [2.05, 4.69) is 15.0 Å². The fourth-order valence-electron chi connectivity index (χ4n) is 1.63. The lowest BCUT2D eigenvalue weighted by Crippen LogP contribution is -2.08. The molecule has 0 saturated carbocycles. The van der Waals surface area contributed by atoms with Gasteiger partial charge in [0.15, 0.2) is 11.2 Å². The van der Waals surface area contributed by atoms with Crippen LogP contribution in [-0.2, 0) is 17.2 Å². The van der Waals surface area contributed by atoms with Gasteiger partial charge < -0.3 is 14.0 Å². The monoisotopic (exact) mass is 256 g/mol. The van der Waals surface area contributed by atoms with Crippen LogP contribution in [0, 0.1) is 0 Å². The van der Waals surface area contributed by atoms with Crippen LogP contribution >= 0.6 is 11.6 Å². The van der Waals surface area contributed by atoms with E-state index in [0.29, 0.717) is 36.1 Å². The summed E-state index contributed by atoms with van der Waals surface area (Å²) in [6.07, 6.45) is 1.45. The number of fused-ring (bicyclic) bond motifs is 1. The first-order valence-corrected chi connectivity index (χ1v) is 5.64. The SMILES string of the molecule is COCCn1c(CCl)nc2c(OC)ncnc21. The zero-order valence-electron chi connectivity index (χ0n) is 9.68. The Balaban J connectivity index is 2.55. The number of imidazole rings is 1. The van der Waals surface area contributed by atoms with Crippen molar-refractivity contribution in [1.82, 2.24) is 19.5 Å². The molecule has 0 saturated heterocycles. The quantitative estimate of drug-likeness (QED) is 0.753. The van der Waals surface area contributed by atoms with E-state index >= 15 is 0 Å². The van der Waals surface area contributed by atoms with Crippen LogP contribution in [0.2, 0.25) is 0 Å². The molecule has 0 aliphatic heterocycles. The first-order valence-electron chi connectivity index (χ1n) is 5.10. The number of aromatic nitrogens is 4. The lowest BCUT2D eigenvalue weighted by atomic mass is 10.5. The van der Waals surface area contributed by atoms with Crippen molar-refractivity contribution in [2.24, 2.45) is 0 Å². The highest BCUT2D eigenvalue weighted by molar-refractivity contribution is 6.16. The molecule has 17 heavy (non-hydrogen) atoms. The summed E-state index contributed by atoms with van der Waals surface area (Å²) in [5, 5.41) is 0. The average Bonchev–Trinajstić information content (AvgIpc) is 2.73. The smallest absolute Gasteiger partial charge is 0.245 e. The molecule has 0 aliphatic rings. The minimum atomic E-state index is 0.309. The second-order valence-electron chi connectivity index (χ2n) is 3.36. The fraction of sp³-hybridized carbons (Fsp3) is 0.500. The lowest BCUT2D eigenvalue weighted by Gasteiger charge is -2.05. The van der Waals surface area contributed by atoms with Gasteiger partial charge in [0.2, 0.25) is 5.88 Å². The van der Waals surface area contributed by atoms with Crippen LogP contribution in [0.25, 0.3) is 11.2 Å². The number of hydrogen-bond donors (Lipinski definition) is 0. The molecule has 0 radical (unpaired) electrons. The first-order chi connectivity index (χ1) is 8.31. The summed E-state index contributed by atoms with van der Waals surface area (Å²) in [6.45, 7) is 1.22. The van der Waals surface area contributed by atoms with Crippen LogP contribution in [-0.4, -0.2) is 40.3 Å². The van der Waals surface area contributed by atoms with Gasteiger partial charge in [-0.05, 0) is 0 Å². The van der Waals surface area contributed by atoms with Crippen molar-refractivity contribution in [1.29, 1.82) is 0 Å². The molecular weight excluding hydrogens is 244 g/mol. The Morgan fingerprint density at radius 1 is 1.35 bits per heavy atom. The summed E-state index contributed by atoms with van der Waals surface area (Å²) in [5.74, 6) is 1.50. The molecule has 0 fully saturated rings. The van der Waals surface area contributed by atoms with Crippen molar-refractivity contribution in [3.05, 3.63) is 12.2 Å². The van der Waals surface area contributed by atoms with Crippen molar-refractivity contribution in [2.75, 3.05) is 20.8 Å². The van der Waals surface area contributed by atoms with Crippen LogP contribution in [0.4, 0.5) is 0 Å². The Labute approximate surface area is 104 Å². The third-order valence-corrected chi connectivity index (χ3v) is 2.65. The summed E-state index contributed by atoms with van der Waals surface area (Å²) in [7, 11) is 3.20. The van der Waals surface area contributed by atoms with Gasteiger partial charge in [-0.3, -0.25) is 0 Å². The Kier molecular flexibility index (Phi) is 3.75. The van der Waals surface area contributed by atoms with E-state index in [9.17, 15) is 0 Å². The van der Waals surface area contributed by atoms with Crippen molar-refractivity contribution in [3.8, 4) is 5.88 Å². The predicted octanol–water partition coefficient (Wildman–Crippen LogP) is 1.22. The fourth-order valence-corrected chi connectivity index (χ4v) is 1.83. The van der Waals surface area contributed by atoms with Crippen LogP contribution < -0.4 is 4.74 Å². The Morgan fingerprint density at radius 2 is 2.18 bits per heavy atom. The van der Waals surface area contributed by atoms with Gasteiger partial charge in [-0.2, -0.15) is 4.98 Å². The molecule has 2 aromatic heterocycles. The highest BCUT2D eigenvalue weighted by Gasteiger charge is 2.15. The summed E-state index contributed by atoms with van der Waals surface area (Å²) in [6, 6.07) is 0. The maximum Gasteiger partial charge on any atom is 0.245 e. The van der Waals surface area contributed by atoms with Crippen LogP contribution in [0.1, 0.15) is 5.82 Å². The van der Waals surface area contributed by atoms with E-state index in [1.807, 2.05) is 4.57 Å². The average molecular weight is 257 g/mol. The second-order valence-corrected chi connectivity index (χ2v) is 3.63. The standard InChI is InChI=1S/C10H13ClN4O2/c1-16-4-3-15-7(5-11)14-8-9(15)12-6-13-10(8)17-2/h6H,3-5H2,1-2H3. The molecule has 0 N–H and O–H groups in total. The molecule has 0 spiro atoms. The van der Waals surface area contributed by atoms with Crippen molar-refractivity contribution < 1.29 is 9.47 Å². The molecule has 2 aromatic rings. The van der Waals surface area contributed by atoms with Gasteiger partial charge in [-0.25, -0.2) is 9.97 Å². The number of hydrogen-bond acceptors (Lipinski definition) is 5. The van der Waals surface area contributed by atoms with E-state index < -0.39 is 0 Å². The van der Waals surface area contributed by atoms with E-state index in [-0.39, 0.29) is 0 Å². The Bertz CT molecular complexity index is 514. The number of methoxy groups -OCH3 is 2. The van der Waals surface area contributed by atoms with Gasteiger partial charge in [0.1, 0.15) is 12.2 Å². The van der Waals surface area contributed by atoms with E-state index in [1.54, 1.807) is 14.2 Å². The molecule has 0 amide bonds. The maximum absolute atomic E-state index is 5.86. The first kappa shape index (κ1) is 12.1. The Hall–Kier alpha value is -1.40. The number of ether oxygens (including phenoxy) is 2. The maximum atomic E-state index is 5.86. The van der Waals surface area contributed by atoms with Crippen LogP contribution in [0.5, 0.6) is 5.88 Å². The van der Waals surface area contributed by atoms with Crippen LogP contribution in [0.15, 0.2) is 6.33 Å². The highest BCUT2D eigenvalue weighted by atomic mass is 35.5. The molecule has 0 unspecified atom stereocenters. The lowest BCUT2D eigenvalue weighted by molar-refractivity contribution is 0.187. The Morgan fingerprint density at radius 3 is 2.82 bits per heavy atom. The number of halogens is 1. The zero-order valence-corrected chi connectivity index (χ0v) is 10.4. The molecule has 0 bridgehead atoms. The van der Waals surface area contributed by atoms with E-state index in [0.717, 1.165) is 5.82 Å². The summed E-state index contributed by atoms with van der Waals surface area (Å²) >= 11 is 5.86. The molecule has 6 nitrogen and oxygen atoms in total. The normalized spacial score (nSPS) is 11.0. The molecule has 0 aromatic carbocycles. The van der Waals surface area contributed by atoms with Gasteiger partial charge >= 0.3 is 0 Å². The van der Waals surface area contributed by atoms with Crippen molar-refractivity contribution in [2.45, 2.75) is 12.4 Å². The third-order valence-electron chi connectivity index (χ3n) is 2.41. The van der Waals surface area contributed by atoms with E-state index in [4.69, 9.17) is 21.1 Å². The molecular formula is C10H13ClN4O2. The predicted molar refractivity (Wildman–Crippen MR) is 63.3 cm³/mol. The molecule has 0 atom stereocenters.